The lowest BCUT2D eigenvalue weighted by atomic mass is 10.2. The number of ether oxygens (including phenoxy) is 2. The fraction of sp³-hybridized carbons (Fsp3) is 0.400. The lowest BCUT2D eigenvalue weighted by Gasteiger charge is -2.04. The fourth-order valence-corrected chi connectivity index (χ4v) is 1.53. The molecular weight excluding hydrogens is 251 g/mol. The van der Waals surface area contributed by atoms with Crippen LogP contribution >= 0.6 is 15.9 Å². The summed E-state index contributed by atoms with van der Waals surface area (Å²) in [7, 11) is 0. The Morgan fingerprint density at radius 2 is 2.36 bits per heavy atom. The average molecular weight is 261 g/mol. The Labute approximate surface area is 90.1 Å². The highest BCUT2D eigenvalue weighted by Gasteiger charge is 2.22. The van der Waals surface area contributed by atoms with Crippen LogP contribution in [0.1, 0.15) is 5.56 Å². The van der Waals surface area contributed by atoms with E-state index in [-0.39, 0.29) is 11.9 Å². The minimum Gasteiger partial charge on any atom is -0.374 e. The predicted molar refractivity (Wildman–Crippen MR) is 53.5 cm³/mol. The van der Waals surface area contributed by atoms with Crippen LogP contribution in [0.5, 0.6) is 0 Å². The highest BCUT2D eigenvalue weighted by molar-refractivity contribution is 9.10. The third-order valence-corrected chi connectivity index (χ3v) is 2.46. The van der Waals surface area contributed by atoms with Crippen LogP contribution in [0.15, 0.2) is 22.7 Å². The average Bonchev–Trinajstić information content (AvgIpc) is 2.95. The first kappa shape index (κ1) is 10.1. The number of hydrogen-bond acceptors (Lipinski definition) is 2. The summed E-state index contributed by atoms with van der Waals surface area (Å²) in [6, 6.07) is 4.82. The van der Waals surface area contributed by atoms with E-state index in [9.17, 15) is 4.39 Å². The summed E-state index contributed by atoms with van der Waals surface area (Å²) in [6.07, 6.45) is 0.227. The molecule has 0 spiro atoms. The van der Waals surface area contributed by atoms with Crippen molar-refractivity contribution in [1.29, 1.82) is 0 Å². The van der Waals surface area contributed by atoms with Crippen LogP contribution in [-0.4, -0.2) is 19.3 Å². The van der Waals surface area contributed by atoms with Gasteiger partial charge in [0, 0.05) is 10.0 Å². The Morgan fingerprint density at radius 1 is 1.57 bits per heavy atom. The number of epoxide rings is 1. The van der Waals surface area contributed by atoms with E-state index in [1.54, 1.807) is 12.1 Å². The van der Waals surface area contributed by atoms with Gasteiger partial charge in [0.25, 0.3) is 0 Å². The van der Waals surface area contributed by atoms with E-state index in [1.807, 2.05) is 0 Å². The van der Waals surface area contributed by atoms with Crippen LogP contribution in [0.3, 0.4) is 0 Å². The second kappa shape index (κ2) is 4.38. The summed E-state index contributed by atoms with van der Waals surface area (Å²) in [5.74, 6) is -0.232. The highest BCUT2D eigenvalue weighted by atomic mass is 79.9. The van der Waals surface area contributed by atoms with E-state index in [0.29, 0.717) is 18.8 Å². The molecule has 1 aromatic carbocycles. The second-order valence-electron chi connectivity index (χ2n) is 3.21. The van der Waals surface area contributed by atoms with Gasteiger partial charge in [-0.1, -0.05) is 15.9 Å². The summed E-state index contributed by atoms with van der Waals surface area (Å²) in [4.78, 5) is 0. The van der Waals surface area contributed by atoms with Crippen molar-refractivity contribution >= 4 is 15.9 Å². The molecule has 1 heterocycles. The molecule has 76 valence electrons. The zero-order valence-corrected chi connectivity index (χ0v) is 9.09. The van der Waals surface area contributed by atoms with Gasteiger partial charge in [-0.2, -0.15) is 0 Å². The van der Waals surface area contributed by atoms with Crippen molar-refractivity contribution in [2.75, 3.05) is 13.2 Å². The second-order valence-corrected chi connectivity index (χ2v) is 4.12. The number of benzene rings is 1. The highest BCUT2D eigenvalue weighted by Crippen LogP contribution is 2.17. The predicted octanol–water partition coefficient (Wildman–Crippen LogP) is 2.50. The van der Waals surface area contributed by atoms with Crippen LogP contribution in [-0.2, 0) is 16.1 Å². The SMILES string of the molecule is Fc1ccc(Br)cc1COCC1CO1. The van der Waals surface area contributed by atoms with Crippen LogP contribution in [0.4, 0.5) is 4.39 Å². The normalized spacial score (nSPS) is 19.7. The van der Waals surface area contributed by atoms with E-state index in [1.165, 1.54) is 6.07 Å². The van der Waals surface area contributed by atoms with E-state index in [0.717, 1.165) is 11.1 Å². The molecule has 0 aromatic heterocycles. The Bertz CT molecular complexity index is 326. The standard InChI is InChI=1S/C10H10BrFO2/c11-8-1-2-10(12)7(3-8)4-13-5-9-6-14-9/h1-3,9H,4-6H2. The van der Waals surface area contributed by atoms with Crippen molar-refractivity contribution in [2.45, 2.75) is 12.7 Å². The van der Waals surface area contributed by atoms with Gasteiger partial charge in [-0.3, -0.25) is 0 Å². The minimum atomic E-state index is -0.232. The molecule has 1 fully saturated rings. The minimum absolute atomic E-state index is 0.227. The summed E-state index contributed by atoms with van der Waals surface area (Å²) in [5, 5.41) is 0. The van der Waals surface area contributed by atoms with Gasteiger partial charge in [0.2, 0.25) is 0 Å². The van der Waals surface area contributed by atoms with E-state index < -0.39 is 0 Å². The Hall–Kier alpha value is -0.450. The van der Waals surface area contributed by atoms with Crippen LogP contribution in [0.25, 0.3) is 0 Å². The molecule has 1 unspecified atom stereocenters. The first-order chi connectivity index (χ1) is 6.75. The van der Waals surface area contributed by atoms with Gasteiger partial charge in [0.1, 0.15) is 11.9 Å². The summed E-state index contributed by atoms with van der Waals surface area (Å²) >= 11 is 3.28. The van der Waals surface area contributed by atoms with Gasteiger partial charge < -0.3 is 9.47 Å². The molecule has 0 radical (unpaired) electrons. The Kier molecular flexibility index (Phi) is 3.15. The van der Waals surface area contributed by atoms with Gasteiger partial charge in [0.05, 0.1) is 19.8 Å². The maximum absolute atomic E-state index is 13.2. The van der Waals surface area contributed by atoms with Crippen LogP contribution in [0.2, 0.25) is 0 Å². The molecule has 2 rings (SSSR count). The summed E-state index contributed by atoms with van der Waals surface area (Å²) < 4.78 is 24.3. The maximum Gasteiger partial charge on any atom is 0.128 e. The van der Waals surface area contributed by atoms with Crippen LogP contribution < -0.4 is 0 Å². The van der Waals surface area contributed by atoms with Gasteiger partial charge in [0.15, 0.2) is 0 Å². The van der Waals surface area contributed by atoms with Crippen molar-refractivity contribution in [3.63, 3.8) is 0 Å². The third kappa shape index (κ3) is 2.77. The van der Waals surface area contributed by atoms with Gasteiger partial charge in [-0.25, -0.2) is 4.39 Å². The fourth-order valence-electron chi connectivity index (χ4n) is 1.12. The van der Waals surface area contributed by atoms with Gasteiger partial charge in [-0.15, -0.1) is 0 Å². The zero-order chi connectivity index (χ0) is 9.97. The monoisotopic (exact) mass is 260 g/mol. The van der Waals surface area contributed by atoms with Crippen molar-refractivity contribution in [2.24, 2.45) is 0 Å². The van der Waals surface area contributed by atoms with Gasteiger partial charge in [-0.05, 0) is 18.2 Å². The third-order valence-electron chi connectivity index (χ3n) is 1.97. The molecule has 1 aromatic rings. The Morgan fingerprint density at radius 3 is 3.07 bits per heavy atom. The molecule has 1 aliphatic rings. The van der Waals surface area contributed by atoms with E-state index in [4.69, 9.17) is 9.47 Å². The number of rotatable bonds is 4. The molecule has 4 heteroatoms. The molecular formula is C10H10BrFO2. The van der Waals surface area contributed by atoms with Crippen LogP contribution in [0, 0.1) is 5.82 Å². The van der Waals surface area contributed by atoms with Crippen molar-refractivity contribution in [3.05, 3.63) is 34.1 Å². The molecule has 1 saturated heterocycles. The van der Waals surface area contributed by atoms with E-state index in [2.05, 4.69) is 15.9 Å². The molecule has 0 bridgehead atoms. The first-order valence-electron chi connectivity index (χ1n) is 4.39. The first-order valence-corrected chi connectivity index (χ1v) is 5.18. The molecule has 2 nitrogen and oxygen atoms in total. The topological polar surface area (TPSA) is 21.8 Å². The van der Waals surface area contributed by atoms with E-state index >= 15 is 0 Å². The lowest BCUT2D eigenvalue weighted by molar-refractivity contribution is 0.102. The summed E-state index contributed by atoms with van der Waals surface area (Å²) in [5.41, 5.74) is 0.569. The molecule has 0 aliphatic carbocycles. The smallest absolute Gasteiger partial charge is 0.128 e. The summed E-state index contributed by atoms with van der Waals surface area (Å²) in [6.45, 7) is 1.61. The number of hydrogen-bond donors (Lipinski definition) is 0. The molecule has 0 saturated carbocycles. The van der Waals surface area contributed by atoms with Crippen molar-refractivity contribution in [3.8, 4) is 0 Å². The van der Waals surface area contributed by atoms with Gasteiger partial charge >= 0.3 is 0 Å². The maximum atomic E-state index is 13.2. The largest absolute Gasteiger partial charge is 0.374 e. The quantitative estimate of drug-likeness (QED) is 0.777. The zero-order valence-electron chi connectivity index (χ0n) is 7.50. The van der Waals surface area contributed by atoms with Crippen molar-refractivity contribution < 1.29 is 13.9 Å². The van der Waals surface area contributed by atoms with Crippen molar-refractivity contribution in [1.82, 2.24) is 0 Å². The molecule has 14 heavy (non-hydrogen) atoms. The lowest BCUT2D eigenvalue weighted by Crippen LogP contribution is -2.02. The molecule has 0 amide bonds. The molecule has 1 atom stereocenters. The molecule has 0 N–H and O–H groups in total. The Balaban J connectivity index is 1.89. The molecule has 1 aliphatic heterocycles. The number of halogens is 2.